The highest BCUT2D eigenvalue weighted by atomic mass is 16.2. The van der Waals surface area contributed by atoms with Crippen LogP contribution in [0, 0.1) is 6.92 Å². The number of H-pyrrole nitrogens is 1. The number of amides is 2. The minimum absolute atomic E-state index is 0.0191. The zero-order valence-electron chi connectivity index (χ0n) is 12.1. The highest BCUT2D eigenvalue weighted by molar-refractivity contribution is 5.78. The molecule has 1 fully saturated rings. The molecule has 2 amide bonds. The van der Waals surface area contributed by atoms with Crippen molar-refractivity contribution in [2.75, 3.05) is 19.6 Å². The van der Waals surface area contributed by atoms with E-state index in [0.717, 1.165) is 19.4 Å². The number of likely N-dealkylation sites (tertiary alicyclic amines) is 1. The lowest BCUT2D eigenvalue weighted by atomic mass is 10.2. The van der Waals surface area contributed by atoms with Crippen LogP contribution in [0.1, 0.15) is 30.7 Å². The Labute approximate surface area is 122 Å². The molecule has 1 aromatic heterocycles. The van der Waals surface area contributed by atoms with Gasteiger partial charge in [0.15, 0.2) is 0 Å². The summed E-state index contributed by atoms with van der Waals surface area (Å²) in [6.45, 7) is 3.67. The summed E-state index contributed by atoms with van der Waals surface area (Å²) in [5, 5.41) is 2.75. The van der Waals surface area contributed by atoms with Gasteiger partial charge in [-0.2, -0.15) is 0 Å². The molecule has 2 rings (SSSR count). The number of hydrogen-bond donors (Lipinski definition) is 2. The monoisotopic (exact) mass is 292 g/mol. The minimum Gasteiger partial charge on any atom is -0.356 e. The maximum atomic E-state index is 11.7. The van der Waals surface area contributed by atoms with E-state index >= 15 is 0 Å². The van der Waals surface area contributed by atoms with Crippen LogP contribution in [-0.4, -0.2) is 46.3 Å². The van der Waals surface area contributed by atoms with Gasteiger partial charge in [-0.3, -0.25) is 14.4 Å². The highest BCUT2D eigenvalue weighted by Crippen LogP contribution is 2.09. The molecule has 0 aromatic carbocycles. The second-order valence-electron chi connectivity index (χ2n) is 5.19. The Morgan fingerprint density at radius 2 is 2.29 bits per heavy atom. The van der Waals surface area contributed by atoms with Gasteiger partial charge < -0.3 is 15.2 Å². The number of nitrogens with one attached hydrogen (secondary N) is 2. The first-order valence-electron chi connectivity index (χ1n) is 7.15. The largest absolute Gasteiger partial charge is 0.356 e. The van der Waals surface area contributed by atoms with Gasteiger partial charge in [0.25, 0.3) is 5.56 Å². The SMILES string of the molecule is Cc1ncc(CC(=O)NCCCN2CCCC2=O)c(=O)[nH]1. The van der Waals surface area contributed by atoms with Gasteiger partial charge >= 0.3 is 0 Å². The molecule has 1 aliphatic heterocycles. The number of hydrogen-bond acceptors (Lipinski definition) is 4. The van der Waals surface area contributed by atoms with Gasteiger partial charge in [0, 0.05) is 37.8 Å². The van der Waals surface area contributed by atoms with Crippen molar-refractivity contribution in [3.8, 4) is 0 Å². The summed E-state index contributed by atoms with van der Waals surface area (Å²) < 4.78 is 0. The summed E-state index contributed by atoms with van der Waals surface area (Å²) in [5.74, 6) is 0.511. The van der Waals surface area contributed by atoms with Crippen molar-refractivity contribution < 1.29 is 9.59 Å². The summed E-state index contributed by atoms with van der Waals surface area (Å²) >= 11 is 0. The maximum absolute atomic E-state index is 11.7. The number of carbonyl (C=O) groups is 2. The van der Waals surface area contributed by atoms with Crippen LogP contribution < -0.4 is 10.9 Å². The molecule has 2 N–H and O–H groups in total. The Balaban J connectivity index is 1.70. The lowest BCUT2D eigenvalue weighted by Crippen LogP contribution is -2.32. The molecule has 0 unspecified atom stereocenters. The van der Waals surface area contributed by atoms with Gasteiger partial charge in [-0.25, -0.2) is 4.98 Å². The first-order valence-corrected chi connectivity index (χ1v) is 7.15. The Morgan fingerprint density at radius 3 is 2.95 bits per heavy atom. The van der Waals surface area contributed by atoms with E-state index in [4.69, 9.17) is 0 Å². The van der Waals surface area contributed by atoms with Gasteiger partial charge in [0.2, 0.25) is 11.8 Å². The number of carbonyl (C=O) groups excluding carboxylic acids is 2. The third-order valence-corrected chi connectivity index (χ3v) is 3.45. The summed E-state index contributed by atoms with van der Waals surface area (Å²) in [7, 11) is 0. The average Bonchev–Trinajstić information content (AvgIpc) is 2.84. The van der Waals surface area contributed by atoms with Crippen LogP contribution >= 0.6 is 0 Å². The third kappa shape index (κ3) is 4.40. The smallest absolute Gasteiger partial charge is 0.254 e. The van der Waals surface area contributed by atoms with E-state index in [1.165, 1.54) is 6.20 Å². The molecule has 114 valence electrons. The van der Waals surface area contributed by atoms with E-state index in [2.05, 4.69) is 15.3 Å². The van der Waals surface area contributed by atoms with E-state index in [9.17, 15) is 14.4 Å². The van der Waals surface area contributed by atoms with Crippen LogP contribution in [0.15, 0.2) is 11.0 Å². The van der Waals surface area contributed by atoms with Gasteiger partial charge in [-0.05, 0) is 19.8 Å². The molecule has 7 nitrogen and oxygen atoms in total. The van der Waals surface area contributed by atoms with Gasteiger partial charge in [0.05, 0.1) is 6.42 Å². The molecule has 1 saturated heterocycles. The Morgan fingerprint density at radius 1 is 1.48 bits per heavy atom. The number of aryl methyl sites for hydroxylation is 1. The van der Waals surface area contributed by atoms with E-state index < -0.39 is 0 Å². The number of aromatic amines is 1. The van der Waals surface area contributed by atoms with E-state index in [1.54, 1.807) is 6.92 Å². The molecule has 1 aliphatic rings. The molecule has 0 atom stereocenters. The van der Waals surface area contributed by atoms with Crippen LogP contribution in [-0.2, 0) is 16.0 Å². The van der Waals surface area contributed by atoms with Crippen LogP contribution in [0.5, 0.6) is 0 Å². The van der Waals surface area contributed by atoms with Gasteiger partial charge in [-0.15, -0.1) is 0 Å². The zero-order valence-corrected chi connectivity index (χ0v) is 12.1. The average molecular weight is 292 g/mol. The maximum Gasteiger partial charge on any atom is 0.254 e. The summed E-state index contributed by atoms with van der Waals surface area (Å²) in [6, 6.07) is 0. The highest BCUT2D eigenvalue weighted by Gasteiger charge is 2.19. The van der Waals surface area contributed by atoms with Crippen molar-refractivity contribution in [2.45, 2.75) is 32.6 Å². The second kappa shape index (κ2) is 7.01. The first kappa shape index (κ1) is 15.2. The van der Waals surface area contributed by atoms with Gasteiger partial charge in [0.1, 0.15) is 5.82 Å². The summed E-state index contributed by atoms with van der Waals surface area (Å²) in [6.07, 6.45) is 3.73. The van der Waals surface area contributed by atoms with Gasteiger partial charge in [-0.1, -0.05) is 0 Å². The number of aromatic nitrogens is 2. The fourth-order valence-electron chi connectivity index (χ4n) is 2.31. The molecule has 7 heteroatoms. The zero-order chi connectivity index (χ0) is 15.2. The van der Waals surface area contributed by atoms with Crippen molar-refractivity contribution in [1.82, 2.24) is 20.2 Å². The molecule has 0 saturated carbocycles. The van der Waals surface area contributed by atoms with Crippen LogP contribution in [0.2, 0.25) is 0 Å². The Hall–Kier alpha value is -2.18. The third-order valence-electron chi connectivity index (χ3n) is 3.45. The summed E-state index contributed by atoms with van der Waals surface area (Å²) in [5.41, 5.74) is 0.0770. The lowest BCUT2D eigenvalue weighted by Gasteiger charge is -2.15. The second-order valence-corrected chi connectivity index (χ2v) is 5.19. The van der Waals surface area contributed by atoms with Crippen molar-refractivity contribution in [2.24, 2.45) is 0 Å². The summed E-state index contributed by atoms with van der Waals surface area (Å²) in [4.78, 5) is 43.1. The van der Waals surface area contributed by atoms with Crippen LogP contribution in [0.25, 0.3) is 0 Å². The lowest BCUT2D eigenvalue weighted by molar-refractivity contribution is -0.127. The molecule has 21 heavy (non-hydrogen) atoms. The first-order chi connectivity index (χ1) is 10.1. The Bertz CT molecular complexity index is 582. The van der Waals surface area contributed by atoms with E-state index in [0.29, 0.717) is 30.9 Å². The van der Waals surface area contributed by atoms with E-state index in [1.807, 2.05) is 4.90 Å². The molecule has 0 aliphatic carbocycles. The fraction of sp³-hybridized carbons (Fsp3) is 0.571. The van der Waals surface area contributed by atoms with Crippen LogP contribution in [0.3, 0.4) is 0 Å². The molecule has 2 heterocycles. The normalized spacial score (nSPS) is 14.5. The minimum atomic E-state index is -0.277. The molecule has 1 aromatic rings. The molecular weight excluding hydrogens is 272 g/mol. The number of rotatable bonds is 6. The van der Waals surface area contributed by atoms with Crippen molar-refractivity contribution in [1.29, 1.82) is 0 Å². The quantitative estimate of drug-likeness (QED) is 0.707. The van der Waals surface area contributed by atoms with Crippen molar-refractivity contribution in [3.63, 3.8) is 0 Å². The van der Waals surface area contributed by atoms with E-state index in [-0.39, 0.29) is 23.8 Å². The molecule has 0 spiro atoms. The van der Waals surface area contributed by atoms with Crippen molar-refractivity contribution in [3.05, 3.63) is 27.9 Å². The Kier molecular flexibility index (Phi) is 5.08. The number of nitrogens with zero attached hydrogens (tertiary/aromatic N) is 2. The fourth-order valence-corrected chi connectivity index (χ4v) is 2.31. The molecular formula is C14H20N4O3. The predicted molar refractivity (Wildman–Crippen MR) is 76.7 cm³/mol. The molecule has 0 bridgehead atoms. The van der Waals surface area contributed by atoms with Crippen LogP contribution in [0.4, 0.5) is 0 Å². The predicted octanol–water partition coefficient (Wildman–Crippen LogP) is -0.250. The topological polar surface area (TPSA) is 95.2 Å². The molecule has 0 radical (unpaired) electrons. The standard InChI is InChI=1S/C14H20N4O3/c1-10-16-9-11(14(21)17-10)8-12(19)15-5-3-7-18-6-2-4-13(18)20/h9H,2-8H2,1H3,(H,15,19)(H,16,17,21). The van der Waals surface area contributed by atoms with Crippen molar-refractivity contribution >= 4 is 11.8 Å².